The molecule has 2 fully saturated rings. The normalized spacial score (nSPS) is 28.9. The van der Waals surface area contributed by atoms with Crippen molar-refractivity contribution in [3.63, 3.8) is 0 Å². The van der Waals surface area contributed by atoms with E-state index >= 15 is 0 Å². The molecular formula is C14H29N3. The van der Waals surface area contributed by atoms with Crippen LogP contribution < -0.4 is 5.32 Å². The number of fused-ring (bicyclic) bond motifs is 1. The van der Waals surface area contributed by atoms with Crippen LogP contribution in [-0.2, 0) is 0 Å². The van der Waals surface area contributed by atoms with Gasteiger partial charge in [0, 0.05) is 18.6 Å². The molecule has 0 amide bonds. The molecule has 0 saturated carbocycles. The van der Waals surface area contributed by atoms with E-state index in [4.69, 9.17) is 0 Å². The van der Waals surface area contributed by atoms with Gasteiger partial charge < -0.3 is 10.2 Å². The largest absolute Gasteiger partial charge is 0.317 e. The van der Waals surface area contributed by atoms with E-state index < -0.39 is 0 Å². The first-order valence-electron chi connectivity index (χ1n) is 7.43. The highest BCUT2D eigenvalue weighted by Gasteiger charge is 2.28. The van der Waals surface area contributed by atoms with Crippen LogP contribution in [-0.4, -0.2) is 61.7 Å². The van der Waals surface area contributed by atoms with Crippen molar-refractivity contribution < 1.29 is 0 Å². The monoisotopic (exact) mass is 239 g/mol. The number of hydrogen-bond donors (Lipinski definition) is 1. The van der Waals surface area contributed by atoms with Gasteiger partial charge in [-0.05, 0) is 72.3 Å². The lowest BCUT2D eigenvalue weighted by atomic mass is 10.1. The van der Waals surface area contributed by atoms with Crippen LogP contribution in [0.3, 0.4) is 0 Å². The molecule has 2 unspecified atom stereocenters. The van der Waals surface area contributed by atoms with E-state index in [9.17, 15) is 0 Å². The molecule has 2 rings (SSSR count). The predicted molar refractivity (Wildman–Crippen MR) is 73.4 cm³/mol. The molecule has 100 valence electrons. The van der Waals surface area contributed by atoms with E-state index in [1.165, 1.54) is 64.8 Å². The van der Waals surface area contributed by atoms with E-state index in [1.54, 1.807) is 0 Å². The van der Waals surface area contributed by atoms with E-state index in [1.807, 2.05) is 0 Å². The van der Waals surface area contributed by atoms with Crippen molar-refractivity contribution >= 4 is 0 Å². The van der Waals surface area contributed by atoms with Gasteiger partial charge in [-0.3, -0.25) is 4.90 Å². The van der Waals surface area contributed by atoms with Crippen LogP contribution in [0.1, 0.15) is 39.0 Å². The van der Waals surface area contributed by atoms with Crippen LogP contribution in [0.25, 0.3) is 0 Å². The molecule has 3 nitrogen and oxygen atoms in total. The summed E-state index contributed by atoms with van der Waals surface area (Å²) in [5, 5.41) is 3.33. The van der Waals surface area contributed by atoms with E-state index in [2.05, 4.69) is 29.1 Å². The lowest BCUT2D eigenvalue weighted by Gasteiger charge is -2.25. The molecule has 0 aliphatic carbocycles. The van der Waals surface area contributed by atoms with Crippen molar-refractivity contribution in [3.05, 3.63) is 0 Å². The molecule has 0 bridgehead atoms. The fourth-order valence-corrected chi connectivity index (χ4v) is 3.25. The summed E-state index contributed by atoms with van der Waals surface area (Å²) in [4.78, 5) is 5.43. The summed E-state index contributed by atoms with van der Waals surface area (Å²) in [6.45, 7) is 8.93. The fraction of sp³-hybridized carbons (Fsp3) is 1.00. The maximum absolute atomic E-state index is 3.33. The molecule has 2 aliphatic rings. The zero-order valence-electron chi connectivity index (χ0n) is 11.6. The summed E-state index contributed by atoms with van der Waals surface area (Å²) >= 11 is 0. The average molecular weight is 239 g/mol. The van der Waals surface area contributed by atoms with Gasteiger partial charge in [-0.1, -0.05) is 0 Å². The van der Waals surface area contributed by atoms with Crippen molar-refractivity contribution in [2.24, 2.45) is 0 Å². The van der Waals surface area contributed by atoms with Crippen LogP contribution in [0, 0.1) is 0 Å². The Morgan fingerprint density at radius 1 is 1.24 bits per heavy atom. The first-order valence-corrected chi connectivity index (χ1v) is 7.43. The zero-order chi connectivity index (χ0) is 12.1. The molecule has 2 aliphatic heterocycles. The number of rotatable bonds is 5. The average Bonchev–Trinajstić information content (AvgIpc) is 2.68. The quantitative estimate of drug-likeness (QED) is 0.785. The molecule has 0 aromatic heterocycles. The number of nitrogens with one attached hydrogen (secondary N) is 1. The van der Waals surface area contributed by atoms with E-state index in [0.717, 1.165) is 6.04 Å². The van der Waals surface area contributed by atoms with Crippen LogP contribution in [0.2, 0.25) is 0 Å². The predicted octanol–water partition coefficient (Wildman–Crippen LogP) is 1.54. The summed E-state index contributed by atoms with van der Waals surface area (Å²) in [5.41, 5.74) is 0. The van der Waals surface area contributed by atoms with Gasteiger partial charge in [0.25, 0.3) is 0 Å². The topological polar surface area (TPSA) is 18.5 Å². The molecule has 0 aromatic rings. The van der Waals surface area contributed by atoms with Gasteiger partial charge in [-0.2, -0.15) is 0 Å². The second-order valence-corrected chi connectivity index (χ2v) is 5.82. The minimum atomic E-state index is 0.671. The van der Waals surface area contributed by atoms with Crippen LogP contribution in [0.4, 0.5) is 0 Å². The van der Waals surface area contributed by atoms with Gasteiger partial charge in [0.15, 0.2) is 0 Å². The third kappa shape index (κ3) is 3.94. The molecule has 2 atom stereocenters. The molecular weight excluding hydrogens is 210 g/mol. The van der Waals surface area contributed by atoms with E-state index in [-0.39, 0.29) is 0 Å². The van der Waals surface area contributed by atoms with Gasteiger partial charge in [0.2, 0.25) is 0 Å². The Morgan fingerprint density at radius 3 is 2.88 bits per heavy atom. The SMILES string of the molecule is CNC(C)CCCN1CCCN2CCCC2C1. The standard InChI is InChI=1S/C14H29N3/c1-13(15-2)6-3-8-16-9-5-11-17-10-4-7-14(17)12-16/h13-15H,3-12H2,1-2H3. The minimum Gasteiger partial charge on any atom is -0.317 e. The van der Waals surface area contributed by atoms with Crippen molar-refractivity contribution in [1.29, 1.82) is 0 Å². The van der Waals surface area contributed by atoms with Gasteiger partial charge in [0.05, 0.1) is 0 Å². The fourth-order valence-electron chi connectivity index (χ4n) is 3.25. The summed E-state index contributed by atoms with van der Waals surface area (Å²) in [5.74, 6) is 0. The van der Waals surface area contributed by atoms with Crippen LogP contribution in [0.5, 0.6) is 0 Å². The van der Waals surface area contributed by atoms with Gasteiger partial charge >= 0.3 is 0 Å². The molecule has 0 radical (unpaired) electrons. The Kier molecular flexibility index (Phi) is 5.26. The van der Waals surface area contributed by atoms with Crippen LogP contribution in [0.15, 0.2) is 0 Å². The molecule has 1 N–H and O–H groups in total. The van der Waals surface area contributed by atoms with Gasteiger partial charge in [-0.25, -0.2) is 0 Å². The zero-order valence-corrected chi connectivity index (χ0v) is 11.6. The smallest absolute Gasteiger partial charge is 0.0223 e. The van der Waals surface area contributed by atoms with Gasteiger partial charge in [-0.15, -0.1) is 0 Å². The molecule has 3 heteroatoms. The highest BCUT2D eigenvalue weighted by atomic mass is 15.3. The summed E-state index contributed by atoms with van der Waals surface area (Å²) in [6.07, 6.45) is 6.88. The highest BCUT2D eigenvalue weighted by Crippen LogP contribution is 2.21. The molecule has 2 saturated heterocycles. The van der Waals surface area contributed by atoms with Crippen molar-refractivity contribution in [1.82, 2.24) is 15.1 Å². The Labute approximate surface area is 107 Å². The third-order valence-electron chi connectivity index (χ3n) is 4.49. The van der Waals surface area contributed by atoms with Crippen LogP contribution >= 0.6 is 0 Å². The number of hydrogen-bond acceptors (Lipinski definition) is 3. The minimum absolute atomic E-state index is 0.671. The second kappa shape index (κ2) is 6.72. The second-order valence-electron chi connectivity index (χ2n) is 5.82. The number of nitrogens with zero attached hydrogens (tertiary/aromatic N) is 2. The Balaban J connectivity index is 1.69. The summed E-state index contributed by atoms with van der Waals surface area (Å²) in [6, 6.07) is 1.55. The van der Waals surface area contributed by atoms with Crippen molar-refractivity contribution in [2.45, 2.75) is 51.1 Å². The highest BCUT2D eigenvalue weighted by molar-refractivity contribution is 4.84. The Hall–Kier alpha value is -0.120. The molecule has 17 heavy (non-hydrogen) atoms. The lowest BCUT2D eigenvalue weighted by molar-refractivity contribution is 0.216. The first-order chi connectivity index (χ1) is 8.29. The first kappa shape index (κ1) is 13.3. The molecule has 0 aromatic carbocycles. The lowest BCUT2D eigenvalue weighted by Crippen LogP contribution is -2.37. The third-order valence-corrected chi connectivity index (χ3v) is 4.49. The summed E-state index contributed by atoms with van der Waals surface area (Å²) < 4.78 is 0. The molecule has 0 spiro atoms. The Morgan fingerprint density at radius 2 is 2.06 bits per heavy atom. The van der Waals surface area contributed by atoms with Crippen molar-refractivity contribution in [2.75, 3.05) is 39.8 Å². The Bertz CT molecular complexity index is 220. The van der Waals surface area contributed by atoms with Crippen molar-refractivity contribution in [3.8, 4) is 0 Å². The van der Waals surface area contributed by atoms with Gasteiger partial charge in [0.1, 0.15) is 0 Å². The maximum Gasteiger partial charge on any atom is 0.0223 e. The molecule has 2 heterocycles. The summed E-state index contributed by atoms with van der Waals surface area (Å²) in [7, 11) is 2.06. The van der Waals surface area contributed by atoms with E-state index in [0.29, 0.717) is 6.04 Å². The maximum atomic E-state index is 3.33.